The van der Waals surface area contributed by atoms with E-state index in [9.17, 15) is 18.0 Å². The standard InChI is InChI=1S/C16H36N.C7H11N3O6S/c1-5-9-13-17(14-10-6-2,15-11-7-3)16-12-8-4;8-6(11)5-2-1-4-3-9(5)7(12)10(4)16-17(13,14)15/h5-16H2,1-4H3;4-5H,1-3H2,(H2,8,11)(H,13,14,15)/q+1;. The van der Waals surface area contributed by atoms with E-state index in [2.05, 4.69) is 32.0 Å². The summed E-state index contributed by atoms with van der Waals surface area (Å²) in [6, 6.07) is -2.04. The molecule has 2 fully saturated rings. The fourth-order valence-electron chi connectivity index (χ4n) is 4.77. The highest BCUT2D eigenvalue weighted by molar-refractivity contribution is 7.80. The van der Waals surface area contributed by atoms with Crippen LogP contribution in [-0.2, 0) is 19.5 Å². The van der Waals surface area contributed by atoms with Crippen molar-refractivity contribution in [2.24, 2.45) is 5.73 Å². The maximum atomic E-state index is 11.7. The summed E-state index contributed by atoms with van der Waals surface area (Å²) in [4.78, 5) is 23.9. The molecule has 2 saturated heterocycles. The van der Waals surface area contributed by atoms with Crippen LogP contribution in [0.5, 0.6) is 0 Å². The molecule has 2 heterocycles. The molecule has 0 aromatic rings. The third-order valence-corrected chi connectivity index (χ3v) is 7.12. The van der Waals surface area contributed by atoms with Crippen LogP contribution < -0.4 is 5.73 Å². The molecule has 3 N–H and O–H groups in total. The smallest absolute Gasteiger partial charge is 0.368 e. The predicted molar refractivity (Wildman–Crippen MR) is 132 cm³/mol. The maximum absolute atomic E-state index is 11.7. The van der Waals surface area contributed by atoms with E-state index in [0.717, 1.165) is 4.90 Å². The zero-order valence-electron chi connectivity index (χ0n) is 21.6. The van der Waals surface area contributed by atoms with Gasteiger partial charge in [-0.05, 0) is 38.5 Å². The predicted octanol–water partition coefficient (Wildman–Crippen LogP) is 3.48. The summed E-state index contributed by atoms with van der Waals surface area (Å²) >= 11 is 0. The summed E-state index contributed by atoms with van der Waals surface area (Å²) in [5.41, 5.74) is 5.13. The molecule has 10 nitrogen and oxygen atoms in total. The van der Waals surface area contributed by atoms with E-state index in [0.29, 0.717) is 17.9 Å². The Balaban J connectivity index is 0.000000340. The third-order valence-electron chi connectivity index (χ3n) is 6.77. The number of unbranched alkanes of at least 4 members (excludes halogenated alkanes) is 4. The number of hydrogen-bond donors (Lipinski definition) is 2. The first kappa shape index (κ1) is 30.6. The topological polar surface area (TPSA) is 130 Å². The Labute approximate surface area is 206 Å². The van der Waals surface area contributed by atoms with Gasteiger partial charge in [0.15, 0.2) is 0 Å². The molecule has 2 rings (SSSR count). The molecule has 3 amide bonds. The molecule has 2 bridgehead atoms. The van der Waals surface area contributed by atoms with E-state index < -0.39 is 34.4 Å². The van der Waals surface area contributed by atoms with E-state index in [1.165, 1.54) is 82.0 Å². The van der Waals surface area contributed by atoms with Gasteiger partial charge in [0.25, 0.3) is 0 Å². The van der Waals surface area contributed by atoms with Crippen LogP contribution >= 0.6 is 0 Å². The van der Waals surface area contributed by atoms with Gasteiger partial charge in [0.05, 0.1) is 32.2 Å². The average molecular weight is 508 g/mol. The Morgan fingerprint density at radius 3 is 1.76 bits per heavy atom. The van der Waals surface area contributed by atoms with Crippen molar-refractivity contribution in [1.82, 2.24) is 9.96 Å². The highest BCUT2D eigenvalue weighted by atomic mass is 32.3. The molecule has 2 atom stereocenters. The maximum Gasteiger partial charge on any atom is 0.418 e. The van der Waals surface area contributed by atoms with Crippen molar-refractivity contribution in [3.05, 3.63) is 0 Å². The van der Waals surface area contributed by atoms with Gasteiger partial charge in [-0.2, -0.15) is 13.5 Å². The third kappa shape index (κ3) is 9.67. The first-order chi connectivity index (χ1) is 16.0. The number of amides is 3. The lowest BCUT2D eigenvalue weighted by atomic mass is 10.0. The van der Waals surface area contributed by atoms with E-state index in [1.807, 2.05) is 0 Å². The molecule has 0 aliphatic carbocycles. The summed E-state index contributed by atoms with van der Waals surface area (Å²) in [5.74, 6) is -0.648. The SMILES string of the molecule is CCCC[N+](CCCC)(CCCC)CCCC.NC(=O)C1CCC2CN1C(=O)N2OS(=O)(=O)O. The Hall–Kier alpha value is -1.43. The normalized spacial score (nSPS) is 20.3. The summed E-state index contributed by atoms with van der Waals surface area (Å²) in [6.45, 7) is 15.2. The molecule has 0 aromatic carbocycles. The van der Waals surface area contributed by atoms with Crippen molar-refractivity contribution < 1.29 is 31.3 Å². The van der Waals surface area contributed by atoms with Crippen LogP contribution in [-0.4, -0.2) is 84.2 Å². The summed E-state index contributed by atoms with van der Waals surface area (Å²) in [5, 5.41) is 0.568. The number of rotatable bonds is 15. The second kappa shape index (κ2) is 14.9. The molecule has 34 heavy (non-hydrogen) atoms. The quantitative estimate of drug-likeness (QED) is 0.258. The van der Waals surface area contributed by atoms with E-state index in [-0.39, 0.29) is 6.54 Å². The highest BCUT2D eigenvalue weighted by Gasteiger charge is 2.48. The van der Waals surface area contributed by atoms with Gasteiger partial charge < -0.3 is 15.1 Å². The second-order valence-corrected chi connectivity index (χ2v) is 10.6. The van der Waals surface area contributed by atoms with Crippen molar-refractivity contribution in [2.75, 3.05) is 32.7 Å². The van der Waals surface area contributed by atoms with Crippen LogP contribution in [0, 0.1) is 0 Å². The number of carbonyl (C=O) groups is 2. The van der Waals surface area contributed by atoms with Crippen LogP contribution in [0.25, 0.3) is 0 Å². The molecule has 0 saturated carbocycles. The lowest BCUT2D eigenvalue weighted by Crippen LogP contribution is -2.50. The Morgan fingerprint density at radius 1 is 0.971 bits per heavy atom. The van der Waals surface area contributed by atoms with Crippen LogP contribution in [0.3, 0.4) is 0 Å². The molecular formula is C23H47N4O6S+. The fourth-order valence-corrected chi connectivity index (χ4v) is 5.16. The van der Waals surface area contributed by atoms with E-state index in [4.69, 9.17) is 10.3 Å². The monoisotopic (exact) mass is 507 g/mol. The number of hydroxylamine groups is 2. The van der Waals surface area contributed by atoms with Gasteiger partial charge in [-0.3, -0.25) is 9.35 Å². The van der Waals surface area contributed by atoms with Crippen molar-refractivity contribution in [2.45, 2.75) is 104 Å². The van der Waals surface area contributed by atoms with Gasteiger partial charge >= 0.3 is 16.4 Å². The molecule has 0 radical (unpaired) electrons. The summed E-state index contributed by atoms with van der Waals surface area (Å²) < 4.78 is 35.3. The molecule has 11 heteroatoms. The zero-order valence-corrected chi connectivity index (χ0v) is 22.4. The first-order valence-electron chi connectivity index (χ1n) is 12.9. The average Bonchev–Trinajstić information content (AvgIpc) is 3.01. The van der Waals surface area contributed by atoms with Crippen molar-refractivity contribution in [3.63, 3.8) is 0 Å². The lowest BCUT2D eigenvalue weighted by Gasteiger charge is -2.39. The molecule has 2 aliphatic heterocycles. The molecule has 0 spiro atoms. The Morgan fingerprint density at radius 2 is 1.41 bits per heavy atom. The van der Waals surface area contributed by atoms with Crippen LogP contribution in [0.1, 0.15) is 91.9 Å². The summed E-state index contributed by atoms with van der Waals surface area (Å²) in [6.07, 6.45) is 11.8. The second-order valence-electron chi connectivity index (χ2n) is 9.56. The molecule has 2 unspecified atom stereocenters. The highest BCUT2D eigenvalue weighted by Crippen LogP contribution is 2.30. The summed E-state index contributed by atoms with van der Waals surface area (Å²) in [7, 11) is -4.75. The van der Waals surface area contributed by atoms with Gasteiger partial charge in [0.1, 0.15) is 6.04 Å². The molecule has 2 aliphatic rings. The minimum atomic E-state index is -4.75. The minimum absolute atomic E-state index is 0.155. The van der Waals surface area contributed by atoms with Gasteiger partial charge in [0, 0.05) is 6.54 Å². The zero-order chi connectivity index (χ0) is 25.8. The van der Waals surface area contributed by atoms with Gasteiger partial charge in [0.2, 0.25) is 5.91 Å². The van der Waals surface area contributed by atoms with Crippen LogP contribution in [0.15, 0.2) is 0 Å². The number of quaternary nitrogens is 1. The number of urea groups is 1. The Kier molecular flexibility index (Phi) is 13.4. The minimum Gasteiger partial charge on any atom is -0.368 e. The van der Waals surface area contributed by atoms with E-state index in [1.54, 1.807) is 0 Å². The number of nitrogens with zero attached hydrogens (tertiary/aromatic N) is 3. The van der Waals surface area contributed by atoms with Gasteiger partial charge in [-0.25, -0.2) is 4.79 Å². The van der Waals surface area contributed by atoms with E-state index >= 15 is 0 Å². The van der Waals surface area contributed by atoms with Gasteiger partial charge in [-0.15, -0.1) is 4.28 Å². The van der Waals surface area contributed by atoms with Crippen LogP contribution in [0.4, 0.5) is 4.79 Å². The largest absolute Gasteiger partial charge is 0.418 e. The first-order valence-corrected chi connectivity index (χ1v) is 14.3. The molecule has 200 valence electrons. The number of carbonyl (C=O) groups excluding carboxylic acids is 2. The fraction of sp³-hybridized carbons (Fsp3) is 0.913. The number of piperidine rings is 1. The number of primary amides is 1. The number of hydrogen-bond acceptors (Lipinski definition) is 5. The number of nitrogens with two attached hydrogens (primary N) is 1. The Bertz CT molecular complexity index is 695. The number of fused-ring (bicyclic) bond motifs is 2. The molecular weight excluding hydrogens is 460 g/mol. The van der Waals surface area contributed by atoms with Crippen LogP contribution in [0.2, 0.25) is 0 Å². The lowest BCUT2D eigenvalue weighted by molar-refractivity contribution is -0.929. The van der Waals surface area contributed by atoms with Crippen molar-refractivity contribution in [1.29, 1.82) is 0 Å². The molecule has 0 aromatic heterocycles. The van der Waals surface area contributed by atoms with Crippen molar-refractivity contribution in [3.8, 4) is 0 Å². The van der Waals surface area contributed by atoms with Gasteiger partial charge in [-0.1, -0.05) is 53.4 Å². The van der Waals surface area contributed by atoms with Crippen molar-refractivity contribution >= 4 is 22.3 Å².